The van der Waals surface area contributed by atoms with Crippen molar-refractivity contribution in [1.29, 1.82) is 0 Å². The third-order valence-electron chi connectivity index (χ3n) is 3.73. The Morgan fingerprint density at radius 2 is 1.64 bits per heavy atom. The van der Waals surface area contributed by atoms with Gasteiger partial charge in [-0.3, -0.25) is 9.36 Å². The molecule has 3 nitrogen and oxygen atoms in total. The average Bonchev–Trinajstić information content (AvgIpc) is 2.87. The molecule has 1 heterocycles. The van der Waals surface area contributed by atoms with Crippen LogP contribution in [0.15, 0.2) is 48.5 Å². The van der Waals surface area contributed by atoms with Crippen LogP contribution in [0.25, 0.3) is 11.0 Å². The number of nitrogens with zero attached hydrogens (tertiary/aromatic N) is 2. The minimum absolute atomic E-state index is 0.0291. The summed E-state index contributed by atoms with van der Waals surface area (Å²) < 4.78 is 1.75. The summed E-state index contributed by atoms with van der Waals surface area (Å²) >= 11 is 0. The number of hydrogen-bond acceptors (Lipinski definition) is 2. The Balaban J connectivity index is 2.24. The minimum atomic E-state index is -0.209. The van der Waals surface area contributed by atoms with E-state index in [-0.39, 0.29) is 11.3 Å². The van der Waals surface area contributed by atoms with Gasteiger partial charge in [0.25, 0.3) is 5.91 Å². The lowest BCUT2D eigenvalue weighted by Crippen LogP contribution is -2.24. The van der Waals surface area contributed by atoms with Gasteiger partial charge in [0.05, 0.1) is 11.0 Å². The first-order chi connectivity index (χ1) is 10.4. The summed E-state index contributed by atoms with van der Waals surface area (Å²) in [5, 5.41) is 0. The molecule has 0 saturated heterocycles. The zero-order chi connectivity index (χ0) is 15.9. The number of aryl methyl sites for hydroxylation is 1. The van der Waals surface area contributed by atoms with E-state index < -0.39 is 0 Å². The van der Waals surface area contributed by atoms with Crippen LogP contribution < -0.4 is 0 Å². The van der Waals surface area contributed by atoms with Crippen molar-refractivity contribution < 1.29 is 4.79 Å². The van der Waals surface area contributed by atoms with Crippen LogP contribution in [-0.2, 0) is 5.41 Å². The van der Waals surface area contributed by atoms with Crippen molar-refractivity contribution in [1.82, 2.24) is 9.55 Å². The highest BCUT2D eigenvalue weighted by Gasteiger charge is 2.26. The zero-order valence-electron chi connectivity index (χ0n) is 13.4. The summed E-state index contributed by atoms with van der Waals surface area (Å²) in [4.78, 5) is 17.7. The van der Waals surface area contributed by atoms with E-state index in [1.807, 2.05) is 55.5 Å². The molecule has 2 aromatic carbocycles. The number of hydrogen-bond donors (Lipinski definition) is 0. The van der Waals surface area contributed by atoms with Crippen LogP contribution in [0.4, 0.5) is 0 Å². The molecule has 22 heavy (non-hydrogen) atoms. The third-order valence-corrected chi connectivity index (χ3v) is 3.73. The highest BCUT2D eigenvalue weighted by molar-refractivity contribution is 6.01. The molecule has 0 N–H and O–H groups in total. The number of aromatic nitrogens is 2. The van der Waals surface area contributed by atoms with E-state index >= 15 is 0 Å². The Labute approximate surface area is 130 Å². The predicted octanol–water partition coefficient (Wildman–Crippen LogP) is 4.33. The first kappa shape index (κ1) is 14.5. The van der Waals surface area contributed by atoms with Gasteiger partial charge in [-0.2, -0.15) is 0 Å². The maximum absolute atomic E-state index is 13.0. The minimum Gasteiger partial charge on any atom is -0.268 e. The second-order valence-electron chi connectivity index (χ2n) is 6.68. The largest absolute Gasteiger partial charge is 0.268 e. The molecule has 0 unspecified atom stereocenters. The number of carbonyl (C=O) groups is 1. The zero-order valence-corrected chi connectivity index (χ0v) is 13.4. The molecule has 0 aliphatic carbocycles. The molecule has 0 aliphatic heterocycles. The summed E-state index contributed by atoms with van der Waals surface area (Å²) in [6, 6.07) is 15.5. The maximum Gasteiger partial charge on any atom is 0.263 e. The van der Waals surface area contributed by atoms with E-state index in [2.05, 4.69) is 20.8 Å². The van der Waals surface area contributed by atoms with Gasteiger partial charge in [-0.25, -0.2) is 4.98 Å². The summed E-state index contributed by atoms with van der Waals surface area (Å²) in [6.07, 6.45) is 0. The highest BCUT2D eigenvalue weighted by atomic mass is 16.2. The average molecular weight is 292 g/mol. The molecular formula is C19H20N2O. The Bertz CT molecular complexity index is 836. The van der Waals surface area contributed by atoms with Crippen LogP contribution >= 0.6 is 0 Å². The van der Waals surface area contributed by atoms with E-state index in [9.17, 15) is 4.79 Å². The standard InChI is InChI=1S/C19H20N2O/c1-13-9-11-14(12-10-13)17(22)21-16-8-6-5-7-15(16)20-18(21)19(2,3)4/h5-12H,1-4H3. The van der Waals surface area contributed by atoms with Crippen LogP contribution in [0.3, 0.4) is 0 Å². The normalized spacial score (nSPS) is 11.8. The summed E-state index contributed by atoms with van der Waals surface area (Å²) in [5.41, 5.74) is 3.33. The molecule has 0 aliphatic rings. The monoisotopic (exact) mass is 292 g/mol. The number of imidazole rings is 1. The molecular weight excluding hydrogens is 272 g/mol. The lowest BCUT2D eigenvalue weighted by molar-refractivity contribution is 0.0957. The van der Waals surface area contributed by atoms with Gasteiger partial charge in [0.1, 0.15) is 5.82 Å². The SMILES string of the molecule is Cc1ccc(C(=O)n2c(C(C)(C)C)nc3ccccc32)cc1. The second kappa shape index (κ2) is 5.09. The van der Waals surface area contributed by atoms with E-state index in [0.717, 1.165) is 22.4 Å². The molecule has 3 rings (SSSR count). The van der Waals surface area contributed by atoms with Crippen LogP contribution in [-0.4, -0.2) is 15.5 Å². The molecule has 0 bridgehead atoms. The molecule has 3 heteroatoms. The van der Waals surface area contributed by atoms with E-state index in [1.165, 1.54) is 0 Å². The van der Waals surface area contributed by atoms with Crippen LogP contribution in [0.2, 0.25) is 0 Å². The van der Waals surface area contributed by atoms with Gasteiger partial charge in [-0.05, 0) is 31.2 Å². The lowest BCUT2D eigenvalue weighted by Gasteiger charge is -2.19. The van der Waals surface area contributed by atoms with Gasteiger partial charge in [0.15, 0.2) is 0 Å². The molecule has 1 aromatic heterocycles. The molecule has 0 radical (unpaired) electrons. The Morgan fingerprint density at radius 3 is 2.27 bits per heavy atom. The summed E-state index contributed by atoms with van der Waals surface area (Å²) in [5.74, 6) is 0.762. The second-order valence-corrected chi connectivity index (χ2v) is 6.68. The van der Waals surface area contributed by atoms with Gasteiger partial charge in [0.2, 0.25) is 0 Å². The van der Waals surface area contributed by atoms with Crippen LogP contribution in [0.1, 0.15) is 42.5 Å². The van der Waals surface area contributed by atoms with Crippen LogP contribution in [0, 0.1) is 6.92 Å². The van der Waals surface area contributed by atoms with Gasteiger partial charge in [-0.15, -0.1) is 0 Å². The quantitative estimate of drug-likeness (QED) is 0.669. The van der Waals surface area contributed by atoms with Crippen molar-refractivity contribution in [2.24, 2.45) is 0 Å². The maximum atomic E-state index is 13.0. The predicted molar refractivity (Wildman–Crippen MR) is 89.3 cm³/mol. The Kier molecular flexibility index (Phi) is 3.36. The molecule has 0 fully saturated rings. The van der Waals surface area contributed by atoms with E-state index in [0.29, 0.717) is 5.56 Å². The first-order valence-electron chi connectivity index (χ1n) is 7.47. The number of rotatable bonds is 1. The number of para-hydroxylation sites is 2. The van der Waals surface area contributed by atoms with Crippen molar-refractivity contribution in [2.75, 3.05) is 0 Å². The Morgan fingerprint density at radius 1 is 1.00 bits per heavy atom. The number of fused-ring (bicyclic) bond motifs is 1. The number of carbonyl (C=O) groups excluding carboxylic acids is 1. The fourth-order valence-corrected chi connectivity index (χ4v) is 2.56. The van der Waals surface area contributed by atoms with E-state index in [1.54, 1.807) is 4.57 Å². The first-order valence-corrected chi connectivity index (χ1v) is 7.47. The summed E-state index contributed by atoms with van der Waals surface area (Å²) in [6.45, 7) is 8.24. The van der Waals surface area contributed by atoms with E-state index in [4.69, 9.17) is 4.98 Å². The molecule has 0 atom stereocenters. The van der Waals surface area contributed by atoms with Crippen molar-refractivity contribution in [2.45, 2.75) is 33.1 Å². The van der Waals surface area contributed by atoms with Gasteiger partial charge in [0, 0.05) is 11.0 Å². The molecule has 112 valence electrons. The molecule has 0 saturated carbocycles. The topological polar surface area (TPSA) is 34.9 Å². The Hall–Kier alpha value is -2.42. The van der Waals surface area contributed by atoms with Crippen molar-refractivity contribution in [3.05, 3.63) is 65.5 Å². The van der Waals surface area contributed by atoms with Crippen molar-refractivity contribution in [3.8, 4) is 0 Å². The van der Waals surface area contributed by atoms with Crippen molar-refractivity contribution in [3.63, 3.8) is 0 Å². The van der Waals surface area contributed by atoms with Gasteiger partial charge < -0.3 is 0 Å². The molecule has 3 aromatic rings. The third kappa shape index (κ3) is 2.43. The fourth-order valence-electron chi connectivity index (χ4n) is 2.56. The number of benzene rings is 2. The van der Waals surface area contributed by atoms with Crippen LogP contribution in [0.5, 0.6) is 0 Å². The van der Waals surface area contributed by atoms with Crippen molar-refractivity contribution >= 4 is 16.9 Å². The summed E-state index contributed by atoms with van der Waals surface area (Å²) in [7, 11) is 0. The molecule has 0 spiro atoms. The smallest absolute Gasteiger partial charge is 0.263 e. The highest BCUT2D eigenvalue weighted by Crippen LogP contribution is 2.27. The fraction of sp³-hybridized carbons (Fsp3) is 0.263. The molecule has 0 amide bonds. The lowest BCUT2D eigenvalue weighted by atomic mass is 9.95. The van der Waals surface area contributed by atoms with Gasteiger partial charge in [-0.1, -0.05) is 50.6 Å². The van der Waals surface area contributed by atoms with Gasteiger partial charge >= 0.3 is 0 Å².